The lowest BCUT2D eigenvalue weighted by atomic mass is 10.1. The molecule has 1 aliphatic carbocycles. The van der Waals surface area contributed by atoms with Crippen molar-refractivity contribution in [1.29, 1.82) is 5.26 Å². The summed E-state index contributed by atoms with van der Waals surface area (Å²) in [5, 5.41) is 14.1. The summed E-state index contributed by atoms with van der Waals surface area (Å²) in [5.41, 5.74) is 1.97. The normalized spacial score (nSPS) is 13.4. The second kappa shape index (κ2) is 9.49. The van der Waals surface area contributed by atoms with Crippen LogP contribution < -0.4 is 10.9 Å². The molecule has 4 aromatic rings. The van der Waals surface area contributed by atoms with Crippen molar-refractivity contribution < 1.29 is 9.21 Å². The third kappa shape index (κ3) is 4.04. The van der Waals surface area contributed by atoms with Crippen LogP contribution in [0.3, 0.4) is 0 Å². The first-order valence-corrected chi connectivity index (χ1v) is 12.9. The van der Waals surface area contributed by atoms with Crippen molar-refractivity contribution in [2.75, 3.05) is 11.1 Å². The zero-order valence-corrected chi connectivity index (χ0v) is 20.1. The molecule has 0 radical (unpaired) electrons. The molecule has 5 rings (SSSR count). The van der Waals surface area contributed by atoms with Crippen molar-refractivity contribution in [3.8, 4) is 6.07 Å². The minimum absolute atomic E-state index is 0.0323. The van der Waals surface area contributed by atoms with Gasteiger partial charge in [0.1, 0.15) is 22.2 Å². The minimum atomic E-state index is -0.311. The number of hydrogen-bond donors (Lipinski definition) is 1. The topological polar surface area (TPSA) is 101 Å². The average Bonchev–Trinajstić information content (AvgIpc) is 3.28. The molecule has 7 nitrogen and oxygen atoms in total. The van der Waals surface area contributed by atoms with Gasteiger partial charge < -0.3 is 9.73 Å². The molecule has 3 heterocycles. The number of furan rings is 1. The number of para-hydroxylation sites is 1. The first-order chi connectivity index (χ1) is 16.6. The molecule has 3 aromatic heterocycles. The van der Waals surface area contributed by atoms with Gasteiger partial charge in [0.2, 0.25) is 11.7 Å². The molecule has 0 saturated heterocycles. The van der Waals surface area contributed by atoms with E-state index in [0.29, 0.717) is 28.4 Å². The number of anilines is 1. The summed E-state index contributed by atoms with van der Waals surface area (Å²) in [7, 11) is 0. The first kappa shape index (κ1) is 22.4. The highest BCUT2D eigenvalue weighted by Gasteiger charge is 2.22. The summed E-state index contributed by atoms with van der Waals surface area (Å²) in [4.78, 5) is 33.0. The van der Waals surface area contributed by atoms with Crippen molar-refractivity contribution in [2.45, 2.75) is 43.8 Å². The Hall–Kier alpha value is -3.35. The second-order valence-corrected chi connectivity index (χ2v) is 10.1. The molecule has 172 valence electrons. The zero-order valence-electron chi connectivity index (χ0n) is 18.4. The Kier molecular flexibility index (Phi) is 6.26. The molecule has 0 aliphatic heterocycles. The summed E-state index contributed by atoms with van der Waals surface area (Å²) in [6.07, 6.45) is 6.97. The van der Waals surface area contributed by atoms with Crippen molar-refractivity contribution in [3.63, 3.8) is 0 Å². The largest absolute Gasteiger partial charge is 0.443 e. The quantitative estimate of drug-likeness (QED) is 0.171. The molecule has 34 heavy (non-hydrogen) atoms. The molecule has 0 bridgehead atoms. The molecule has 0 spiro atoms. The molecule has 0 saturated carbocycles. The van der Waals surface area contributed by atoms with E-state index in [4.69, 9.17) is 9.40 Å². The Morgan fingerprint density at radius 2 is 2.15 bits per heavy atom. The van der Waals surface area contributed by atoms with E-state index in [1.54, 1.807) is 40.2 Å². The molecule has 9 heteroatoms. The fourth-order valence-corrected chi connectivity index (χ4v) is 6.46. The summed E-state index contributed by atoms with van der Waals surface area (Å²) in [6.45, 7) is 4.11. The summed E-state index contributed by atoms with van der Waals surface area (Å²) < 4.78 is 7.12. The van der Waals surface area contributed by atoms with Crippen LogP contribution in [0.2, 0.25) is 0 Å². The van der Waals surface area contributed by atoms with Gasteiger partial charge >= 0.3 is 0 Å². The Morgan fingerprint density at radius 1 is 1.32 bits per heavy atom. The van der Waals surface area contributed by atoms with Gasteiger partial charge in [-0.15, -0.1) is 17.9 Å². The predicted octanol–water partition coefficient (Wildman–Crippen LogP) is 5.26. The van der Waals surface area contributed by atoms with Gasteiger partial charge in [-0.2, -0.15) is 5.26 Å². The number of fused-ring (bicyclic) bond motifs is 4. The third-order valence-corrected chi connectivity index (χ3v) is 8.06. The Balaban J connectivity index is 1.43. The molecule has 0 atom stereocenters. The molecule has 0 fully saturated rings. The second-order valence-electron chi connectivity index (χ2n) is 8.09. The van der Waals surface area contributed by atoms with Crippen LogP contribution >= 0.6 is 23.1 Å². The maximum Gasteiger partial charge on any atom is 0.263 e. The number of aryl methyl sites for hydroxylation is 2. The minimum Gasteiger partial charge on any atom is -0.443 e. The van der Waals surface area contributed by atoms with E-state index in [9.17, 15) is 14.9 Å². The van der Waals surface area contributed by atoms with Crippen LogP contribution in [0, 0.1) is 11.3 Å². The standard InChI is InChI=1S/C25H22N4O3S2/c1-2-12-29-24(31)21-16-9-4-3-5-11-19(16)34-23(21)28-25(29)33-14-20(30)27-22-15-8-6-7-10-17(15)32-18(22)13-26/h2,6-8,10H,1,3-5,9,11-12,14H2,(H,27,30). The Bertz CT molecular complexity index is 1520. The van der Waals surface area contributed by atoms with E-state index in [0.717, 1.165) is 41.5 Å². The number of aromatic nitrogens is 2. The predicted molar refractivity (Wildman–Crippen MR) is 136 cm³/mol. The zero-order chi connectivity index (χ0) is 23.7. The molecule has 1 aromatic carbocycles. The maximum absolute atomic E-state index is 13.4. The molecule has 1 aliphatic rings. The van der Waals surface area contributed by atoms with Crippen molar-refractivity contribution in [2.24, 2.45) is 0 Å². The number of benzene rings is 1. The fraction of sp³-hybridized carbons (Fsp3) is 0.280. The van der Waals surface area contributed by atoms with Gasteiger partial charge in [-0.1, -0.05) is 36.4 Å². The van der Waals surface area contributed by atoms with Crippen molar-refractivity contribution >= 4 is 55.9 Å². The highest BCUT2D eigenvalue weighted by Crippen LogP contribution is 2.34. The van der Waals surface area contributed by atoms with Gasteiger partial charge in [-0.05, 0) is 43.4 Å². The average molecular weight is 491 g/mol. The van der Waals surface area contributed by atoms with Crippen LogP contribution in [0.4, 0.5) is 5.69 Å². The van der Waals surface area contributed by atoms with Crippen LogP contribution in [0.1, 0.15) is 35.5 Å². The maximum atomic E-state index is 13.4. The molecule has 1 amide bonds. The van der Waals surface area contributed by atoms with Crippen LogP contribution in [-0.2, 0) is 24.2 Å². The van der Waals surface area contributed by atoms with Crippen molar-refractivity contribution in [1.82, 2.24) is 9.55 Å². The van der Waals surface area contributed by atoms with Crippen LogP contribution in [0.15, 0.2) is 51.3 Å². The summed E-state index contributed by atoms with van der Waals surface area (Å²) in [6, 6.07) is 9.15. The van der Waals surface area contributed by atoms with E-state index in [2.05, 4.69) is 11.9 Å². The Morgan fingerprint density at radius 3 is 2.97 bits per heavy atom. The van der Waals surface area contributed by atoms with Gasteiger partial charge in [0.05, 0.1) is 11.1 Å². The lowest BCUT2D eigenvalue weighted by Crippen LogP contribution is -2.24. The number of amides is 1. The number of hydrogen-bond acceptors (Lipinski definition) is 7. The monoisotopic (exact) mass is 490 g/mol. The van der Waals surface area contributed by atoms with E-state index in [-0.39, 0.29) is 23.0 Å². The summed E-state index contributed by atoms with van der Waals surface area (Å²) in [5.74, 6) is -0.220. The number of thioether (sulfide) groups is 1. The van der Waals surface area contributed by atoms with Gasteiger partial charge in [-0.3, -0.25) is 14.2 Å². The smallest absolute Gasteiger partial charge is 0.263 e. The Labute approximate surface area is 204 Å². The van der Waals surface area contributed by atoms with Gasteiger partial charge in [0, 0.05) is 16.8 Å². The SMILES string of the molecule is C=CCn1c(SCC(=O)Nc2c(C#N)oc3ccccc23)nc2sc3c(c2c1=O)CCCCC3. The van der Waals surface area contributed by atoms with Gasteiger partial charge in [0.25, 0.3) is 5.56 Å². The number of thiophene rings is 1. The number of carbonyl (C=O) groups is 1. The number of nitriles is 1. The van der Waals surface area contributed by atoms with Gasteiger partial charge in [-0.25, -0.2) is 4.98 Å². The van der Waals surface area contributed by atoms with E-state index < -0.39 is 0 Å². The van der Waals surface area contributed by atoms with Crippen molar-refractivity contribution in [3.05, 3.63) is 63.5 Å². The third-order valence-electron chi connectivity index (χ3n) is 5.90. The molecule has 1 N–H and O–H groups in total. The van der Waals surface area contributed by atoms with Gasteiger partial charge in [0.15, 0.2) is 5.16 Å². The highest BCUT2D eigenvalue weighted by molar-refractivity contribution is 7.99. The number of nitrogens with zero attached hydrogens (tertiary/aromatic N) is 3. The number of nitrogens with one attached hydrogen (secondary N) is 1. The first-order valence-electron chi connectivity index (χ1n) is 11.1. The van der Waals surface area contributed by atoms with E-state index in [1.807, 2.05) is 12.1 Å². The number of rotatable bonds is 6. The van der Waals surface area contributed by atoms with Crippen LogP contribution in [-0.4, -0.2) is 21.2 Å². The van der Waals surface area contributed by atoms with Crippen LogP contribution in [0.25, 0.3) is 21.2 Å². The lowest BCUT2D eigenvalue weighted by Gasteiger charge is -2.11. The highest BCUT2D eigenvalue weighted by atomic mass is 32.2. The molecular formula is C25H22N4O3S2. The fourth-order valence-electron chi connectivity index (χ4n) is 4.35. The van der Waals surface area contributed by atoms with Crippen LogP contribution in [0.5, 0.6) is 0 Å². The number of carbonyl (C=O) groups excluding carboxylic acids is 1. The van der Waals surface area contributed by atoms with E-state index in [1.165, 1.54) is 23.1 Å². The lowest BCUT2D eigenvalue weighted by molar-refractivity contribution is -0.113. The molecule has 0 unspecified atom stereocenters. The number of allylic oxidation sites excluding steroid dienone is 1. The van der Waals surface area contributed by atoms with E-state index >= 15 is 0 Å². The molecular weight excluding hydrogens is 468 g/mol. The summed E-state index contributed by atoms with van der Waals surface area (Å²) >= 11 is 2.80.